The van der Waals surface area contributed by atoms with E-state index in [-0.39, 0.29) is 23.6 Å². The smallest absolute Gasteiger partial charge is 0.301 e. The normalized spacial score (nSPS) is 10.8. The number of carbonyl (C=O) groups excluding carboxylic acids is 2. The predicted molar refractivity (Wildman–Crippen MR) is 115 cm³/mol. The first-order valence-electron chi connectivity index (χ1n) is 8.68. The van der Waals surface area contributed by atoms with Gasteiger partial charge in [-0.05, 0) is 36.8 Å². The molecule has 0 radical (unpaired) electrons. The molecule has 0 atom stereocenters. The van der Waals surface area contributed by atoms with Crippen LogP contribution in [-0.2, 0) is 4.79 Å². The van der Waals surface area contributed by atoms with Crippen LogP contribution in [0.3, 0.4) is 0 Å². The summed E-state index contributed by atoms with van der Waals surface area (Å²) in [7, 11) is 0. The van der Waals surface area contributed by atoms with Gasteiger partial charge in [0.1, 0.15) is 6.26 Å². The third kappa shape index (κ3) is 4.64. The quantitative estimate of drug-likeness (QED) is 0.440. The fourth-order valence-corrected chi connectivity index (χ4v) is 4.54. The number of anilines is 2. The lowest BCUT2D eigenvalue weighted by Crippen LogP contribution is -2.14. The third-order valence-corrected chi connectivity index (χ3v) is 6.18. The molecule has 0 fully saturated rings. The Bertz CT molecular complexity index is 1170. The molecule has 0 spiro atoms. The topological polar surface area (TPSA) is 97.1 Å². The van der Waals surface area contributed by atoms with Gasteiger partial charge in [0.05, 0.1) is 22.2 Å². The van der Waals surface area contributed by atoms with Crippen LogP contribution in [0.5, 0.6) is 0 Å². The molecule has 2 heterocycles. The van der Waals surface area contributed by atoms with Gasteiger partial charge >= 0.3 is 6.01 Å². The van der Waals surface area contributed by atoms with Gasteiger partial charge in [-0.15, -0.1) is 11.3 Å². The molecule has 9 heteroatoms. The maximum atomic E-state index is 12.5. The van der Waals surface area contributed by atoms with Crippen molar-refractivity contribution >= 4 is 56.8 Å². The molecule has 0 bridgehead atoms. The molecule has 2 aromatic heterocycles. The number of nitrogens with zero attached hydrogens (tertiary/aromatic N) is 2. The van der Waals surface area contributed by atoms with Crippen molar-refractivity contribution < 1.29 is 14.0 Å². The van der Waals surface area contributed by atoms with Gasteiger partial charge in [-0.3, -0.25) is 14.9 Å². The number of fused-ring (bicyclic) bond motifs is 1. The average Bonchev–Trinajstić information content (AvgIpc) is 3.35. The molecule has 4 aromatic rings. The second-order valence-corrected chi connectivity index (χ2v) is 8.36. The van der Waals surface area contributed by atoms with Crippen LogP contribution in [0.4, 0.5) is 11.7 Å². The summed E-state index contributed by atoms with van der Waals surface area (Å²) in [6.07, 6.45) is 2.86. The number of benzene rings is 2. The van der Waals surface area contributed by atoms with Gasteiger partial charge in [0.15, 0.2) is 4.34 Å². The van der Waals surface area contributed by atoms with Gasteiger partial charge in [0.25, 0.3) is 5.91 Å². The van der Waals surface area contributed by atoms with Crippen LogP contribution in [0, 0.1) is 6.92 Å². The number of hydrogen-bond donors (Lipinski definition) is 2. The lowest BCUT2D eigenvalue weighted by molar-refractivity contribution is -0.113. The van der Waals surface area contributed by atoms with Crippen LogP contribution in [0.25, 0.3) is 10.2 Å². The number of oxazole rings is 1. The van der Waals surface area contributed by atoms with Gasteiger partial charge in [-0.1, -0.05) is 30.0 Å². The van der Waals surface area contributed by atoms with Crippen LogP contribution in [-0.4, -0.2) is 27.5 Å². The lowest BCUT2D eigenvalue weighted by atomic mass is 10.1. The lowest BCUT2D eigenvalue weighted by Gasteiger charge is -2.07. The molecule has 2 N–H and O–H groups in total. The molecule has 0 saturated heterocycles. The summed E-state index contributed by atoms with van der Waals surface area (Å²) >= 11 is 2.80. The predicted octanol–water partition coefficient (Wildman–Crippen LogP) is 4.58. The number of nitrogens with one attached hydrogen (secondary N) is 2. The van der Waals surface area contributed by atoms with Crippen LogP contribution in [0.1, 0.15) is 15.9 Å². The SMILES string of the molecule is Cc1ccccc1C(=O)Nc1ccc2nc(SCC(=O)Nc3ncco3)sc2c1. The van der Waals surface area contributed by atoms with Crippen molar-refractivity contribution in [3.05, 3.63) is 66.1 Å². The van der Waals surface area contributed by atoms with Crippen LogP contribution in [0.2, 0.25) is 0 Å². The molecule has 146 valence electrons. The van der Waals surface area contributed by atoms with Gasteiger partial charge in [0.2, 0.25) is 5.91 Å². The number of thiazole rings is 1. The van der Waals surface area contributed by atoms with E-state index in [2.05, 4.69) is 20.6 Å². The number of amides is 2. The summed E-state index contributed by atoms with van der Waals surface area (Å²) in [6, 6.07) is 13.2. The van der Waals surface area contributed by atoms with Crippen LogP contribution < -0.4 is 10.6 Å². The number of thioether (sulfide) groups is 1. The number of aryl methyl sites for hydroxylation is 1. The molecule has 29 heavy (non-hydrogen) atoms. The molecular formula is C20H16N4O3S2. The summed E-state index contributed by atoms with van der Waals surface area (Å²) in [4.78, 5) is 32.8. The first-order valence-corrected chi connectivity index (χ1v) is 10.5. The van der Waals surface area contributed by atoms with Crippen molar-refractivity contribution in [1.29, 1.82) is 0 Å². The molecule has 4 rings (SSSR count). The van der Waals surface area contributed by atoms with E-state index >= 15 is 0 Å². The Kier molecular flexibility index (Phi) is 5.59. The maximum Gasteiger partial charge on any atom is 0.301 e. The van der Waals surface area contributed by atoms with Crippen molar-refractivity contribution in [2.75, 3.05) is 16.4 Å². The number of carbonyl (C=O) groups is 2. The number of aromatic nitrogens is 2. The molecule has 0 aliphatic heterocycles. The minimum Gasteiger partial charge on any atom is -0.432 e. The van der Waals surface area contributed by atoms with E-state index in [0.29, 0.717) is 11.3 Å². The Morgan fingerprint density at radius 1 is 1.17 bits per heavy atom. The van der Waals surface area contributed by atoms with Crippen molar-refractivity contribution in [2.45, 2.75) is 11.3 Å². The minimum atomic E-state index is -0.220. The fourth-order valence-electron chi connectivity index (χ4n) is 2.64. The number of hydrogen-bond acceptors (Lipinski definition) is 7. The van der Waals surface area contributed by atoms with E-state index in [4.69, 9.17) is 4.42 Å². The van der Waals surface area contributed by atoms with Crippen LogP contribution in [0.15, 0.2) is 63.7 Å². The summed E-state index contributed by atoms with van der Waals surface area (Å²) in [5.41, 5.74) is 3.09. The zero-order valence-corrected chi connectivity index (χ0v) is 17.0. The zero-order valence-electron chi connectivity index (χ0n) is 15.3. The average molecular weight is 425 g/mol. The van der Waals surface area contributed by atoms with E-state index in [0.717, 1.165) is 20.1 Å². The van der Waals surface area contributed by atoms with Crippen molar-refractivity contribution in [3.8, 4) is 0 Å². The summed E-state index contributed by atoms with van der Waals surface area (Å²) in [6.45, 7) is 1.91. The molecular weight excluding hydrogens is 408 g/mol. The second-order valence-electron chi connectivity index (χ2n) is 6.11. The van der Waals surface area contributed by atoms with E-state index in [1.54, 1.807) is 6.07 Å². The van der Waals surface area contributed by atoms with Crippen LogP contribution >= 0.6 is 23.1 Å². The Morgan fingerprint density at radius 3 is 2.83 bits per heavy atom. The second kappa shape index (κ2) is 8.46. The first-order chi connectivity index (χ1) is 14.1. The van der Waals surface area contributed by atoms with Gasteiger partial charge in [0, 0.05) is 11.3 Å². The molecule has 0 unspecified atom stereocenters. The zero-order chi connectivity index (χ0) is 20.2. The van der Waals surface area contributed by atoms with E-state index < -0.39 is 0 Å². The highest BCUT2D eigenvalue weighted by Gasteiger charge is 2.12. The fraction of sp³-hybridized carbons (Fsp3) is 0.100. The minimum absolute atomic E-state index is 0.148. The molecule has 0 saturated carbocycles. The highest BCUT2D eigenvalue weighted by atomic mass is 32.2. The molecule has 7 nitrogen and oxygen atoms in total. The molecule has 2 aromatic carbocycles. The van der Waals surface area contributed by atoms with Gasteiger partial charge in [-0.25, -0.2) is 9.97 Å². The third-order valence-electron chi connectivity index (χ3n) is 4.02. The van der Waals surface area contributed by atoms with Crippen molar-refractivity contribution in [2.24, 2.45) is 0 Å². The highest BCUT2D eigenvalue weighted by molar-refractivity contribution is 8.01. The summed E-state index contributed by atoms with van der Waals surface area (Å²) < 4.78 is 6.69. The summed E-state index contributed by atoms with van der Waals surface area (Å²) in [5.74, 6) is -0.174. The largest absolute Gasteiger partial charge is 0.432 e. The Labute approximate surface area is 174 Å². The Balaban J connectivity index is 1.41. The van der Waals surface area contributed by atoms with Crippen molar-refractivity contribution in [1.82, 2.24) is 9.97 Å². The molecule has 0 aliphatic carbocycles. The molecule has 2 amide bonds. The standard InChI is InChI=1S/C20H16N4O3S2/c1-12-4-2-3-5-14(12)18(26)22-13-6-7-15-16(10-13)29-20(23-15)28-11-17(25)24-19-21-8-9-27-19/h2-10H,11H2,1H3,(H,22,26)(H,21,24,25). The van der Waals surface area contributed by atoms with Gasteiger partial charge < -0.3 is 9.73 Å². The highest BCUT2D eigenvalue weighted by Crippen LogP contribution is 2.31. The monoisotopic (exact) mass is 424 g/mol. The first kappa shape index (κ1) is 19.2. The maximum absolute atomic E-state index is 12.5. The van der Waals surface area contributed by atoms with E-state index in [9.17, 15) is 9.59 Å². The molecule has 0 aliphatic rings. The van der Waals surface area contributed by atoms with Crippen molar-refractivity contribution in [3.63, 3.8) is 0 Å². The Hall–Kier alpha value is -3.17. The summed E-state index contributed by atoms with van der Waals surface area (Å²) in [5, 5.41) is 5.50. The Morgan fingerprint density at radius 2 is 2.03 bits per heavy atom. The van der Waals surface area contributed by atoms with E-state index in [1.807, 2.05) is 43.3 Å². The number of rotatable bonds is 6. The van der Waals surface area contributed by atoms with Gasteiger partial charge in [-0.2, -0.15) is 0 Å². The van der Waals surface area contributed by atoms with E-state index in [1.165, 1.54) is 35.6 Å².